The van der Waals surface area contributed by atoms with Crippen molar-refractivity contribution in [1.29, 1.82) is 0 Å². The van der Waals surface area contributed by atoms with Gasteiger partial charge in [0, 0.05) is 5.56 Å². The summed E-state index contributed by atoms with van der Waals surface area (Å²) in [6, 6.07) is 19.8. The second kappa shape index (κ2) is 7.15. The van der Waals surface area contributed by atoms with Crippen LogP contribution in [0, 0.1) is 0 Å². The van der Waals surface area contributed by atoms with Crippen LogP contribution in [0.4, 0.5) is 0 Å². The van der Waals surface area contributed by atoms with Crippen LogP contribution in [0.15, 0.2) is 77.8 Å². The maximum Gasteiger partial charge on any atom is 0.224 e. The Labute approximate surface area is 194 Å². The zero-order valence-electron chi connectivity index (χ0n) is 17.7. The van der Waals surface area contributed by atoms with Crippen LogP contribution in [0.5, 0.6) is 0 Å². The number of hydrogen-bond donors (Lipinski definition) is 0. The summed E-state index contributed by atoms with van der Waals surface area (Å²) < 4.78 is 7.84. The Bertz CT molecular complexity index is 1680. The molecule has 1 aliphatic rings. The fraction of sp³-hybridized carbons (Fsp3) is 0.148. The number of furan rings is 1. The average Bonchev–Trinajstić information content (AvgIpc) is 3.50. The molecule has 0 spiro atoms. The van der Waals surface area contributed by atoms with E-state index in [1.54, 1.807) is 18.8 Å². The number of hydrogen-bond acceptors (Lipinski definition) is 4. The van der Waals surface area contributed by atoms with Crippen molar-refractivity contribution < 1.29 is 4.42 Å². The molecule has 0 saturated carbocycles. The molecule has 6 aromatic rings. The van der Waals surface area contributed by atoms with E-state index in [9.17, 15) is 0 Å². The summed E-state index contributed by atoms with van der Waals surface area (Å²) in [6.45, 7) is 0. The van der Waals surface area contributed by atoms with Crippen LogP contribution in [-0.4, -0.2) is 19.5 Å². The molecule has 3 aromatic heterocycles. The summed E-state index contributed by atoms with van der Waals surface area (Å²) in [5.41, 5.74) is 5.41. The third-order valence-corrected chi connectivity index (χ3v) is 7.12. The highest BCUT2D eigenvalue weighted by Gasteiger charge is 2.27. The molecule has 6 heteroatoms. The predicted molar refractivity (Wildman–Crippen MR) is 130 cm³/mol. The van der Waals surface area contributed by atoms with Crippen LogP contribution in [0.2, 0.25) is 5.28 Å². The molecule has 1 atom stereocenters. The fourth-order valence-corrected chi connectivity index (χ4v) is 5.50. The van der Waals surface area contributed by atoms with Crippen molar-refractivity contribution in [2.24, 2.45) is 0 Å². The Morgan fingerprint density at radius 3 is 2.82 bits per heavy atom. The first kappa shape index (κ1) is 18.8. The van der Waals surface area contributed by atoms with Gasteiger partial charge in [0.1, 0.15) is 11.8 Å². The lowest BCUT2D eigenvalue weighted by atomic mass is 9.78. The topological polar surface area (TPSA) is 56.7 Å². The van der Waals surface area contributed by atoms with Crippen molar-refractivity contribution in [3.8, 4) is 5.88 Å². The standard InChI is InChI=1S/C27H19ClN4O/c28-27-29-14-24-25(31-27)32(15-30-24)26-20(11-12-33-26)18-6-5-17-8-9-21-19-4-2-1-3-16(19)7-10-22(21)23(17)13-18/h1-4,7-12,14-15,18H,5-6,13H2. The van der Waals surface area contributed by atoms with Crippen LogP contribution in [0.1, 0.15) is 29.0 Å². The van der Waals surface area contributed by atoms with E-state index in [0.29, 0.717) is 17.1 Å². The SMILES string of the molecule is Clc1ncc2ncn(-c3occc3C3CCc4ccc5c(ccc6ccccc65)c4C3)c2n1. The second-order valence-electron chi connectivity index (χ2n) is 8.67. The molecule has 7 rings (SSSR count). The van der Waals surface area contributed by atoms with Crippen molar-refractivity contribution >= 4 is 44.3 Å². The molecule has 0 radical (unpaired) electrons. The Kier molecular flexibility index (Phi) is 4.08. The van der Waals surface area contributed by atoms with Crippen LogP contribution in [0.25, 0.3) is 38.6 Å². The minimum Gasteiger partial charge on any atom is -0.448 e. The molecule has 160 valence electrons. The van der Waals surface area contributed by atoms with Crippen molar-refractivity contribution in [1.82, 2.24) is 19.5 Å². The van der Waals surface area contributed by atoms with Crippen molar-refractivity contribution in [2.45, 2.75) is 25.2 Å². The average molecular weight is 451 g/mol. The molecule has 3 heterocycles. The van der Waals surface area contributed by atoms with Gasteiger partial charge in [0.05, 0.1) is 12.5 Å². The molecule has 0 amide bonds. The summed E-state index contributed by atoms with van der Waals surface area (Å²) in [5.74, 6) is 1.10. The van der Waals surface area contributed by atoms with Gasteiger partial charge in [-0.3, -0.25) is 4.57 Å². The molecule has 1 unspecified atom stereocenters. The molecule has 5 nitrogen and oxygen atoms in total. The Balaban J connectivity index is 1.34. The Hall–Kier alpha value is -3.70. The van der Waals surface area contributed by atoms with E-state index < -0.39 is 0 Å². The lowest BCUT2D eigenvalue weighted by Crippen LogP contribution is -2.14. The monoisotopic (exact) mass is 450 g/mol. The summed E-state index contributed by atoms with van der Waals surface area (Å²) in [4.78, 5) is 12.8. The van der Waals surface area contributed by atoms with E-state index >= 15 is 0 Å². The highest BCUT2D eigenvalue weighted by atomic mass is 35.5. The highest BCUT2D eigenvalue weighted by Crippen LogP contribution is 2.40. The first-order valence-corrected chi connectivity index (χ1v) is 11.5. The number of aromatic nitrogens is 4. The number of nitrogens with zero attached hydrogens (tertiary/aromatic N) is 4. The van der Waals surface area contributed by atoms with Gasteiger partial charge < -0.3 is 4.42 Å². The molecule has 1 aliphatic carbocycles. The van der Waals surface area contributed by atoms with Gasteiger partial charge in [-0.15, -0.1) is 0 Å². The van der Waals surface area contributed by atoms with Crippen LogP contribution >= 0.6 is 11.6 Å². The van der Waals surface area contributed by atoms with Gasteiger partial charge in [-0.2, -0.15) is 4.98 Å². The van der Waals surface area contributed by atoms with E-state index in [4.69, 9.17) is 16.0 Å². The van der Waals surface area contributed by atoms with E-state index in [1.807, 2.05) is 4.57 Å². The van der Waals surface area contributed by atoms with Crippen LogP contribution in [0.3, 0.4) is 0 Å². The third kappa shape index (κ3) is 2.89. The van der Waals surface area contributed by atoms with Gasteiger partial charge in [0.2, 0.25) is 11.2 Å². The molecule has 0 bridgehead atoms. The van der Waals surface area contributed by atoms with Gasteiger partial charge in [-0.25, -0.2) is 9.97 Å². The van der Waals surface area contributed by atoms with Crippen LogP contribution in [-0.2, 0) is 12.8 Å². The van der Waals surface area contributed by atoms with Gasteiger partial charge >= 0.3 is 0 Å². The Morgan fingerprint density at radius 1 is 0.939 bits per heavy atom. The van der Waals surface area contributed by atoms with Gasteiger partial charge in [-0.05, 0) is 75.5 Å². The van der Waals surface area contributed by atoms with Gasteiger partial charge in [0.25, 0.3) is 0 Å². The van der Waals surface area contributed by atoms with Crippen molar-refractivity contribution in [3.63, 3.8) is 0 Å². The van der Waals surface area contributed by atoms with E-state index in [-0.39, 0.29) is 5.28 Å². The van der Waals surface area contributed by atoms with Gasteiger partial charge in [-0.1, -0.05) is 48.5 Å². The normalized spacial score (nSPS) is 16.0. The molecule has 0 fully saturated rings. The summed E-state index contributed by atoms with van der Waals surface area (Å²) >= 11 is 6.06. The van der Waals surface area contributed by atoms with Crippen molar-refractivity contribution in [3.05, 3.63) is 95.4 Å². The lowest BCUT2D eigenvalue weighted by Gasteiger charge is -2.26. The molecule has 0 aliphatic heterocycles. The highest BCUT2D eigenvalue weighted by molar-refractivity contribution is 6.28. The molecule has 3 aromatic carbocycles. The quantitative estimate of drug-likeness (QED) is 0.219. The van der Waals surface area contributed by atoms with E-state index in [0.717, 1.165) is 25.1 Å². The maximum absolute atomic E-state index is 6.06. The zero-order valence-corrected chi connectivity index (χ0v) is 18.5. The van der Waals surface area contributed by atoms with E-state index in [2.05, 4.69) is 69.5 Å². The predicted octanol–water partition coefficient (Wildman–Crippen LogP) is 6.64. The number of rotatable bonds is 2. The molecular formula is C27H19ClN4O. The number of aryl methyl sites for hydroxylation is 1. The van der Waals surface area contributed by atoms with Crippen molar-refractivity contribution in [2.75, 3.05) is 0 Å². The van der Waals surface area contributed by atoms with E-state index in [1.165, 1.54) is 38.2 Å². The summed E-state index contributed by atoms with van der Waals surface area (Å²) in [7, 11) is 0. The lowest BCUT2D eigenvalue weighted by molar-refractivity contribution is 0.521. The zero-order chi connectivity index (χ0) is 21.9. The third-order valence-electron chi connectivity index (χ3n) is 6.94. The summed E-state index contributed by atoms with van der Waals surface area (Å²) in [5, 5.41) is 5.47. The fourth-order valence-electron chi connectivity index (χ4n) is 5.37. The molecule has 33 heavy (non-hydrogen) atoms. The smallest absolute Gasteiger partial charge is 0.224 e. The minimum absolute atomic E-state index is 0.197. The number of imidazole rings is 1. The molecule has 0 N–H and O–H groups in total. The largest absolute Gasteiger partial charge is 0.448 e. The number of benzene rings is 3. The summed E-state index contributed by atoms with van der Waals surface area (Å²) in [6.07, 6.45) is 8.21. The first-order valence-electron chi connectivity index (χ1n) is 11.1. The molecular weight excluding hydrogens is 432 g/mol. The second-order valence-corrected chi connectivity index (χ2v) is 9.01. The Morgan fingerprint density at radius 2 is 1.85 bits per heavy atom. The minimum atomic E-state index is 0.197. The first-order chi connectivity index (χ1) is 16.3. The van der Waals surface area contributed by atoms with Crippen LogP contribution < -0.4 is 0 Å². The maximum atomic E-state index is 6.06. The van der Waals surface area contributed by atoms with Gasteiger partial charge in [0.15, 0.2) is 5.65 Å². The molecule has 0 saturated heterocycles. The number of halogens is 1. The number of fused-ring (bicyclic) bond motifs is 6.